The lowest BCUT2D eigenvalue weighted by molar-refractivity contribution is -0.125. The number of aryl methyl sites for hydroxylation is 3. The lowest BCUT2D eigenvalue weighted by atomic mass is 9.98. The van der Waals surface area contributed by atoms with Gasteiger partial charge in [-0.3, -0.25) is 4.79 Å². The van der Waals surface area contributed by atoms with Crippen molar-refractivity contribution >= 4 is 15.9 Å². The minimum absolute atomic E-state index is 0.0476. The van der Waals surface area contributed by atoms with Crippen molar-refractivity contribution in [3.05, 3.63) is 125 Å². The number of carbonyl (C=O) groups is 1. The van der Waals surface area contributed by atoms with Crippen LogP contribution in [0.3, 0.4) is 0 Å². The molecule has 1 heterocycles. The molecule has 1 aliphatic heterocycles. The van der Waals surface area contributed by atoms with Crippen molar-refractivity contribution in [1.29, 1.82) is 0 Å². The van der Waals surface area contributed by atoms with Gasteiger partial charge in [-0.1, -0.05) is 91.0 Å². The highest BCUT2D eigenvalue weighted by Gasteiger charge is 2.45. The molecule has 0 aromatic heterocycles. The fraction of sp³-hybridized carbons (Fsp3) is 0.375. The first kappa shape index (κ1) is 36.1. The van der Waals surface area contributed by atoms with Gasteiger partial charge in [-0.05, 0) is 73.8 Å². The van der Waals surface area contributed by atoms with E-state index in [2.05, 4.69) is 29.6 Å². The van der Waals surface area contributed by atoms with Crippen LogP contribution in [0.5, 0.6) is 11.5 Å². The van der Waals surface area contributed by atoms with Gasteiger partial charge in [0.1, 0.15) is 6.04 Å². The first-order valence-corrected chi connectivity index (χ1v) is 18.5. The SMILES string of the molecule is COc1cc(S(=O)(=O)N2CC(OCc3ccccc3)CC2C(=O)NC(CCCc2ccccc2)CCCc2ccccc2)cc(C)c1OC. The van der Waals surface area contributed by atoms with Crippen molar-refractivity contribution in [3.63, 3.8) is 0 Å². The van der Waals surface area contributed by atoms with Crippen molar-refractivity contribution in [2.24, 2.45) is 0 Å². The zero-order chi connectivity index (χ0) is 34.6. The number of nitrogens with one attached hydrogen (secondary N) is 1. The number of amides is 1. The highest BCUT2D eigenvalue weighted by Crippen LogP contribution is 2.36. The monoisotopic (exact) mass is 684 g/mol. The minimum Gasteiger partial charge on any atom is -0.493 e. The largest absolute Gasteiger partial charge is 0.493 e. The number of carbonyl (C=O) groups excluding carboxylic acids is 1. The normalized spacial score (nSPS) is 16.5. The van der Waals surface area contributed by atoms with Gasteiger partial charge in [0, 0.05) is 25.1 Å². The van der Waals surface area contributed by atoms with Crippen molar-refractivity contribution < 1.29 is 27.4 Å². The number of rotatable bonds is 17. The van der Waals surface area contributed by atoms with E-state index >= 15 is 0 Å². The van der Waals surface area contributed by atoms with Crippen molar-refractivity contribution in [1.82, 2.24) is 9.62 Å². The Bertz CT molecular complexity index is 1690. The van der Waals surface area contributed by atoms with Crippen LogP contribution < -0.4 is 14.8 Å². The molecule has 0 aliphatic carbocycles. The number of methoxy groups -OCH3 is 2. The summed E-state index contributed by atoms with van der Waals surface area (Å²) < 4.78 is 47.1. The molecule has 1 fully saturated rings. The minimum atomic E-state index is -4.11. The van der Waals surface area contributed by atoms with E-state index < -0.39 is 22.2 Å². The van der Waals surface area contributed by atoms with Crippen LogP contribution in [0.1, 0.15) is 54.4 Å². The van der Waals surface area contributed by atoms with Gasteiger partial charge in [0.2, 0.25) is 15.9 Å². The Morgan fingerprint density at radius 3 is 1.90 bits per heavy atom. The summed E-state index contributed by atoms with van der Waals surface area (Å²) >= 11 is 0. The second-order valence-corrected chi connectivity index (χ2v) is 14.6. The third-order valence-corrected chi connectivity index (χ3v) is 11.0. The molecule has 1 aliphatic rings. The maximum absolute atomic E-state index is 14.3. The van der Waals surface area contributed by atoms with E-state index in [9.17, 15) is 13.2 Å². The molecule has 0 bridgehead atoms. The van der Waals surface area contributed by atoms with Crippen LogP contribution in [-0.4, -0.2) is 57.6 Å². The van der Waals surface area contributed by atoms with Gasteiger partial charge in [0.25, 0.3) is 0 Å². The van der Waals surface area contributed by atoms with Crippen LogP contribution in [0.4, 0.5) is 0 Å². The third kappa shape index (κ3) is 9.71. The number of nitrogens with zero attached hydrogens (tertiary/aromatic N) is 1. The van der Waals surface area contributed by atoms with Gasteiger partial charge in [-0.2, -0.15) is 4.31 Å². The van der Waals surface area contributed by atoms with E-state index in [1.165, 1.54) is 35.7 Å². The fourth-order valence-electron chi connectivity index (χ4n) is 6.57. The van der Waals surface area contributed by atoms with Crippen LogP contribution >= 0.6 is 0 Å². The molecule has 0 saturated carbocycles. The van der Waals surface area contributed by atoms with Gasteiger partial charge < -0.3 is 19.5 Å². The molecular weight excluding hydrogens is 637 g/mol. The molecule has 0 radical (unpaired) electrons. The molecule has 1 saturated heterocycles. The smallest absolute Gasteiger partial charge is 0.244 e. The molecule has 8 nitrogen and oxygen atoms in total. The van der Waals surface area contributed by atoms with Crippen molar-refractivity contribution in [3.8, 4) is 11.5 Å². The Morgan fingerprint density at radius 2 is 1.37 bits per heavy atom. The standard InChI is InChI=1S/C40H48N2O6S/c1-30-25-36(27-38(46-2)39(30)47-3)49(44,45)42-28-35(48-29-33-19-11-6-12-20-33)26-37(42)40(43)41-34(23-13-21-31-15-7-4-8-16-31)24-14-22-32-17-9-5-10-18-32/h4-12,15-20,25,27,34-35,37H,13-14,21-24,26,28-29H2,1-3H3,(H,41,43). The number of sulfonamides is 1. The molecule has 1 amide bonds. The number of hydrogen-bond donors (Lipinski definition) is 1. The zero-order valence-corrected chi connectivity index (χ0v) is 29.5. The van der Waals surface area contributed by atoms with E-state index in [0.29, 0.717) is 23.7 Å². The van der Waals surface area contributed by atoms with E-state index in [0.717, 1.165) is 44.1 Å². The van der Waals surface area contributed by atoms with Gasteiger partial charge in [-0.25, -0.2) is 8.42 Å². The van der Waals surface area contributed by atoms with Crippen molar-refractivity contribution in [2.75, 3.05) is 20.8 Å². The summed E-state index contributed by atoms with van der Waals surface area (Å²) in [6, 6.07) is 32.4. The molecule has 2 atom stereocenters. The quantitative estimate of drug-likeness (QED) is 0.130. The van der Waals surface area contributed by atoms with Gasteiger partial charge in [0.15, 0.2) is 11.5 Å². The Balaban J connectivity index is 1.36. The maximum Gasteiger partial charge on any atom is 0.244 e. The molecule has 4 aromatic carbocycles. The predicted octanol–water partition coefficient (Wildman–Crippen LogP) is 6.89. The van der Waals surface area contributed by atoms with Gasteiger partial charge in [0.05, 0.1) is 31.8 Å². The first-order valence-electron chi connectivity index (χ1n) is 17.1. The van der Waals surface area contributed by atoms with Crippen LogP contribution in [-0.2, 0) is 39.0 Å². The van der Waals surface area contributed by atoms with E-state index in [4.69, 9.17) is 14.2 Å². The number of benzene rings is 4. The van der Waals surface area contributed by atoms with E-state index in [-0.39, 0.29) is 29.8 Å². The van der Waals surface area contributed by atoms with Crippen LogP contribution in [0, 0.1) is 6.92 Å². The second kappa shape index (κ2) is 17.5. The Hall–Kier alpha value is -4.18. The average Bonchev–Trinajstić information content (AvgIpc) is 3.57. The number of hydrogen-bond acceptors (Lipinski definition) is 6. The summed E-state index contributed by atoms with van der Waals surface area (Å²) in [4.78, 5) is 14.3. The van der Waals surface area contributed by atoms with Crippen molar-refractivity contribution in [2.45, 2.75) is 81.6 Å². The summed E-state index contributed by atoms with van der Waals surface area (Å²) in [6.07, 6.45) is 5.00. The topological polar surface area (TPSA) is 94.2 Å². The van der Waals surface area contributed by atoms with E-state index in [1.807, 2.05) is 66.7 Å². The molecule has 9 heteroatoms. The second-order valence-electron chi connectivity index (χ2n) is 12.7. The fourth-order valence-corrected chi connectivity index (χ4v) is 8.30. The van der Waals surface area contributed by atoms with E-state index in [1.54, 1.807) is 13.0 Å². The van der Waals surface area contributed by atoms with Gasteiger partial charge >= 0.3 is 0 Å². The highest BCUT2D eigenvalue weighted by molar-refractivity contribution is 7.89. The summed E-state index contributed by atoms with van der Waals surface area (Å²) in [7, 11) is -1.12. The lowest BCUT2D eigenvalue weighted by Crippen LogP contribution is -2.48. The number of ether oxygens (including phenoxy) is 3. The highest BCUT2D eigenvalue weighted by atomic mass is 32.2. The molecule has 260 valence electrons. The Kier molecular flexibility index (Phi) is 12.9. The first-order chi connectivity index (χ1) is 23.8. The third-order valence-electron chi connectivity index (χ3n) is 9.16. The average molecular weight is 685 g/mol. The predicted molar refractivity (Wildman–Crippen MR) is 192 cm³/mol. The Morgan fingerprint density at radius 1 is 0.816 bits per heavy atom. The summed E-state index contributed by atoms with van der Waals surface area (Å²) in [5.74, 6) is 0.487. The zero-order valence-electron chi connectivity index (χ0n) is 28.7. The van der Waals surface area contributed by atoms with Crippen LogP contribution in [0.15, 0.2) is 108 Å². The lowest BCUT2D eigenvalue weighted by Gasteiger charge is -2.26. The molecule has 49 heavy (non-hydrogen) atoms. The van der Waals surface area contributed by atoms with Gasteiger partial charge in [-0.15, -0.1) is 0 Å². The maximum atomic E-state index is 14.3. The van der Waals surface area contributed by atoms with Crippen LogP contribution in [0.25, 0.3) is 0 Å². The Labute approximate surface area is 291 Å². The molecule has 1 N–H and O–H groups in total. The molecule has 2 unspecified atom stereocenters. The molecular formula is C40H48N2O6S. The molecule has 4 aromatic rings. The van der Waals surface area contributed by atoms with Crippen LogP contribution in [0.2, 0.25) is 0 Å². The molecule has 0 spiro atoms. The molecule has 5 rings (SSSR count). The summed E-state index contributed by atoms with van der Waals surface area (Å²) in [6.45, 7) is 2.16. The summed E-state index contributed by atoms with van der Waals surface area (Å²) in [5, 5.41) is 3.29. The summed E-state index contributed by atoms with van der Waals surface area (Å²) in [5.41, 5.74) is 4.12.